The predicted octanol–water partition coefficient (Wildman–Crippen LogP) is 2.34. The fourth-order valence-electron chi connectivity index (χ4n) is 2.22. The Morgan fingerprint density at radius 3 is 1.72 bits per heavy atom. The van der Waals surface area contributed by atoms with Crippen molar-refractivity contribution in [2.45, 2.75) is 0 Å². The summed E-state index contributed by atoms with van der Waals surface area (Å²) in [5.41, 5.74) is 0.200. The van der Waals surface area contributed by atoms with Gasteiger partial charge in [-0.15, -0.1) is 0 Å². The Morgan fingerprint density at radius 2 is 1.24 bits per heavy atom. The maximum Gasteiger partial charge on any atom is 0.488 e. The molecule has 126 valence electrons. The summed E-state index contributed by atoms with van der Waals surface area (Å²) in [5.74, 6) is 0.772. The molecule has 5 nitrogen and oxygen atoms in total. The van der Waals surface area contributed by atoms with Crippen molar-refractivity contribution in [2.24, 2.45) is 0 Å². The highest BCUT2D eigenvalue weighted by Crippen LogP contribution is 2.47. The summed E-state index contributed by atoms with van der Waals surface area (Å²) in [5, 5.41) is 19.0. The van der Waals surface area contributed by atoms with Gasteiger partial charge in [-0.25, -0.2) is 4.57 Å². The average Bonchev–Trinajstić information content (AvgIpc) is 2.63. The third kappa shape index (κ3) is 4.31. The second-order valence-corrected chi connectivity index (χ2v) is 7.15. The van der Waals surface area contributed by atoms with Crippen molar-refractivity contribution in [1.29, 1.82) is 0 Å². The van der Waals surface area contributed by atoms with Gasteiger partial charge in [0.05, 0.1) is 5.30 Å². The smallest absolute Gasteiger partial charge is 0.423 e. The molecule has 0 spiro atoms. The molecule has 0 aliphatic heterocycles. The predicted molar refractivity (Wildman–Crippen MR) is 97.6 cm³/mol. The van der Waals surface area contributed by atoms with Crippen LogP contribution in [0.3, 0.4) is 0 Å². The highest BCUT2D eigenvalue weighted by molar-refractivity contribution is 7.63. The molecule has 0 aliphatic carbocycles. The number of para-hydroxylation sites is 2. The topological polar surface area (TPSA) is 76.0 Å². The van der Waals surface area contributed by atoms with E-state index in [-0.39, 0.29) is 10.8 Å². The van der Waals surface area contributed by atoms with E-state index in [0.717, 1.165) is 0 Å². The molecule has 0 heterocycles. The molecule has 0 aliphatic rings. The second kappa shape index (κ2) is 7.57. The van der Waals surface area contributed by atoms with Crippen LogP contribution in [0.5, 0.6) is 11.5 Å². The Labute approximate surface area is 146 Å². The first-order valence-electron chi connectivity index (χ1n) is 7.63. The maximum atomic E-state index is 13.5. The molecule has 3 aromatic carbocycles. The molecule has 0 bridgehead atoms. The molecular weight excluding hydrogens is 338 g/mol. The van der Waals surface area contributed by atoms with Crippen molar-refractivity contribution in [2.75, 3.05) is 0 Å². The van der Waals surface area contributed by atoms with Crippen molar-refractivity contribution in [3.63, 3.8) is 0 Å². The van der Waals surface area contributed by atoms with E-state index in [9.17, 15) is 14.6 Å². The Balaban J connectivity index is 2.02. The van der Waals surface area contributed by atoms with Gasteiger partial charge in [0.15, 0.2) is 0 Å². The third-order valence-corrected chi connectivity index (χ3v) is 5.24. The van der Waals surface area contributed by atoms with Gasteiger partial charge in [-0.2, -0.15) is 0 Å². The third-order valence-electron chi connectivity index (χ3n) is 3.42. The molecule has 3 rings (SSSR count). The van der Waals surface area contributed by atoms with E-state index in [1.54, 1.807) is 60.7 Å². The summed E-state index contributed by atoms with van der Waals surface area (Å²) >= 11 is 0. The molecular formula is C18H16BO5P. The minimum absolute atomic E-state index is 0.200. The van der Waals surface area contributed by atoms with E-state index in [1.807, 2.05) is 12.1 Å². The van der Waals surface area contributed by atoms with Crippen LogP contribution < -0.4 is 19.8 Å². The zero-order valence-electron chi connectivity index (χ0n) is 13.2. The maximum absolute atomic E-state index is 13.5. The first-order chi connectivity index (χ1) is 12.1. The molecule has 2 N–H and O–H groups in total. The number of rotatable bonds is 6. The highest BCUT2D eigenvalue weighted by atomic mass is 31.2. The molecule has 0 aromatic heterocycles. The van der Waals surface area contributed by atoms with Gasteiger partial charge in [0.2, 0.25) is 0 Å². The van der Waals surface area contributed by atoms with Crippen LogP contribution >= 0.6 is 7.60 Å². The summed E-state index contributed by atoms with van der Waals surface area (Å²) in [6.45, 7) is 0. The first-order valence-corrected chi connectivity index (χ1v) is 9.17. The lowest BCUT2D eigenvalue weighted by Gasteiger charge is -2.20. The second-order valence-electron chi connectivity index (χ2n) is 5.27. The molecule has 0 fully saturated rings. The zero-order chi connectivity index (χ0) is 17.7. The molecule has 0 saturated carbocycles. The van der Waals surface area contributed by atoms with Crippen molar-refractivity contribution in [1.82, 2.24) is 0 Å². The Kier molecular flexibility index (Phi) is 5.24. The molecule has 0 atom stereocenters. The van der Waals surface area contributed by atoms with Crippen LogP contribution in [0.4, 0.5) is 0 Å². The number of hydrogen-bond donors (Lipinski definition) is 2. The van der Waals surface area contributed by atoms with Crippen molar-refractivity contribution in [3.05, 3.63) is 84.9 Å². The zero-order valence-corrected chi connectivity index (χ0v) is 14.1. The lowest BCUT2D eigenvalue weighted by atomic mass is 9.80. The fraction of sp³-hybridized carbons (Fsp3) is 0. The molecule has 7 heteroatoms. The summed E-state index contributed by atoms with van der Waals surface area (Å²) in [6.07, 6.45) is 0. The summed E-state index contributed by atoms with van der Waals surface area (Å²) in [4.78, 5) is 0. The Bertz CT molecular complexity index is 825. The van der Waals surface area contributed by atoms with Gasteiger partial charge in [-0.3, -0.25) is 0 Å². The fourth-order valence-corrected chi connectivity index (χ4v) is 3.84. The van der Waals surface area contributed by atoms with Crippen LogP contribution in [0.15, 0.2) is 84.9 Å². The van der Waals surface area contributed by atoms with E-state index >= 15 is 0 Å². The molecule has 0 radical (unpaired) electrons. The van der Waals surface area contributed by atoms with E-state index in [0.29, 0.717) is 11.5 Å². The molecule has 3 aromatic rings. The van der Waals surface area contributed by atoms with E-state index in [4.69, 9.17) is 9.05 Å². The molecule has 0 saturated heterocycles. The van der Waals surface area contributed by atoms with Crippen LogP contribution in [0.1, 0.15) is 0 Å². The van der Waals surface area contributed by atoms with Crippen molar-refractivity contribution < 1.29 is 23.7 Å². The van der Waals surface area contributed by atoms with Gasteiger partial charge in [-0.1, -0.05) is 48.5 Å². The van der Waals surface area contributed by atoms with E-state index in [1.165, 1.54) is 12.1 Å². The van der Waals surface area contributed by atoms with Crippen LogP contribution in [0.25, 0.3) is 0 Å². The van der Waals surface area contributed by atoms with Gasteiger partial charge in [-0.05, 0) is 41.9 Å². The van der Waals surface area contributed by atoms with Crippen LogP contribution in [0.2, 0.25) is 0 Å². The Hall–Kier alpha value is -2.53. The van der Waals surface area contributed by atoms with Crippen molar-refractivity contribution >= 4 is 25.5 Å². The minimum atomic E-state index is -3.80. The van der Waals surface area contributed by atoms with Gasteiger partial charge in [0, 0.05) is 0 Å². The highest BCUT2D eigenvalue weighted by Gasteiger charge is 2.32. The largest absolute Gasteiger partial charge is 0.488 e. The lowest BCUT2D eigenvalue weighted by Crippen LogP contribution is -2.32. The standard InChI is InChI=1S/C18H16BO5P/c20-19(21)15-8-7-13-18(14-15)25(22,23-16-9-3-1-4-10-16)24-17-11-5-2-6-12-17/h1-14,20-21H. The van der Waals surface area contributed by atoms with E-state index in [2.05, 4.69) is 0 Å². The van der Waals surface area contributed by atoms with Crippen molar-refractivity contribution in [3.8, 4) is 11.5 Å². The number of benzene rings is 3. The first kappa shape index (κ1) is 17.3. The van der Waals surface area contributed by atoms with Gasteiger partial charge < -0.3 is 19.1 Å². The SMILES string of the molecule is O=P(Oc1ccccc1)(Oc1ccccc1)c1cccc(B(O)O)c1. The van der Waals surface area contributed by atoms with Gasteiger partial charge in [0.25, 0.3) is 0 Å². The number of hydrogen-bond acceptors (Lipinski definition) is 5. The molecule has 25 heavy (non-hydrogen) atoms. The summed E-state index contributed by atoms with van der Waals surface area (Å²) in [6, 6.07) is 23.4. The monoisotopic (exact) mass is 354 g/mol. The van der Waals surface area contributed by atoms with Gasteiger partial charge in [0.1, 0.15) is 11.5 Å². The minimum Gasteiger partial charge on any atom is -0.423 e. The van der Waals surface area contributed by atoms with Crippen LogP contribution in [0, 0.1) is 0 Å². The van der Waals surface area contributed by atoms with Crippen LogP contribution in [-0.2, 0) is 4.57 Å². The van der Waals surface area contributed by atoms with Gasteiger partial charge >= 0.3 is 14.7 Å². The summed E-state index contributed by atoms with van der Waals surface area (Å²) in [7, 11) is -5.48. The Morgan fingerprint density at radius 1 is 0.720 bits per heavy atom. The van der Waals surface area contributed by atoms with Crippen LogP contribution in [-0.4, -0.2) is 17.2 Å². The van der Waals surface area contributed by atoms with E-state index < -0.39 is 14.7 Å². The normalized spacial score (nSPS) is 11.0. The average molecular weight is 354 g/mol. The lowest BCUT2D eigenvalue weighted by molar-refractivity contribution is 0.399. The quantitative estimate of drug-likeness (QED) is 0.525. The molecule has 0 unspecified atom stereocenters. The summed E-state index contributed by atoms with van der Waals surface area (Å²) < 4.78 is 24.9. The molecule has 0 amide bonds.